The standard InChI is InChI=1S/C24H25FN2O3S/c1-29-21-12-17-9-10-27(15-16-5-7-18(25)8-6-16)20(19(17)13-22(21)30-2)14-26-24(28)23-4-3-11-31-23/h3-8,11-13,20H,9-10,14-15H2,1-2H3,(H,26,28). The van der Waals surface area contributed by atoms with E-state index in [0.717, 1.165) is 24.1 Å². The summed E-state index contributed by atoms with van der Waals surface area (Å²) in [5.41, 5.74) is 3.32. The number of hydrogen-bond acceptors (Lipinski definition) is 5. The number of benzene rings is 2. The third kappa shape index (κ3) is 4.73. The van der Waals surface area contributed by atoms with Crippen LogP contribution < -0.4 is 14.8 Å². The molecule has 0 saturated heterocycles. The Bertz CT molecular complexity index is 1040. The number of halogens is 1. The lowest BCUT2D eigenvalue weighted by Crippen LogP contribution is -2.41. The molecule has 5 nitrogen and oxygen atoms in total. The highest BCUT2D eigenvalue weighted by Gasteiger charge is 2.29. The second kappa shape index (κ2) is 9.49. The second-order valence-electron chi connectivity index (χ2n) is 7.46. The maximum atomic E-state index is 13.4. The van der Waals surface area contributed by atoms with Crippen LogP contribution in [0.2, 0.25) is 0 Å². The predicted molar refractivity (Wildman–Crippen MR) is 119 cm³/mol. The first-order valence-corrected chi connectivity index (χ1v) is 11.0. The largest absolute Gasteiger partial charge is 0.493 e. The number of rotatable bonds is 7. The fourth-order valence-corrected chi connectivity index (χ4v) is 4.66. The highest BCUT2D eigenvalue weighted by molar-refractivity contribution is 7.12. The third-order valence-corrected chi connectivity index (χ3v) is 6.48. The van der Waals surface area contributed by atoms with Gasteiger partial charge in [-0.25, -0.2) is 4.39 Å². The molecule has 1 N–H and O–H groups in total. The van der Waals surface area contributed by atoms with Crippen molar-refractivity contribution < 1.29 is 18.7 Å². The zero-order valence-electron chi connectivity index (χ0n) is 17.6. The van der Waals surface area contributed by atoms with Crippen LogP contribution in [0.4, 0.5) is 4.39 Å². The summed E-state index contributed by atoms with van der Waals surface area (Å²) in [4.78, 5) is 15.6. The van der Waals surface area contributed by atoms with Crippen LogP contribution in [0.3, 0.4) is 0 Å². The number of carbonyl (C=O) groups is 1. The lowest BCUT2D eigenvalue weighted by Gasteiger charge is -2.38. The van der Waals surface area contributed by atoms with Crippen LogP contribution in [0, 0.1) is 5.82 Å². The van der Waals surface area contributed by atoms with Gasteiger partial charge in [-0.15, -0.1) is 11.3 Å². The van der Waals surface area contributed by atoms with Gasteiger partial charge in [0.05, 0.1) is 25.1 Å². The lowest BCUT2D eigenvalue weighted by molar-refractivity contribution is 0.0930. The molecule has 2 heterocycles. The van der Waals surface area contributed by atoms with E-state index in [-0.39, 0.29) is 17.8 Å². The number of nitrogens with zero attached hydrogens (tertiary/aromatic N) is 1. The molecule has 0 saturated carbocycles. The van der Waals surface area contributed by atoms with E-state index in [2.05, 4.69) is 10.2 Å². The maximum absolute atomic E-state index is 13.4. The summed E-state index contributed by atoms with van der Waals surface area (Å²) in [5.74, 6) is 1.04. The van der Waals surface area contributed by atoms with E-state index < -0.39 is 0 Å². The molecule has 1 aliphatic rings. The van der Waals surface area contributed by atoms with Gasteiger partial charge in [0.15, 0.2) is 11.5 Å². The first-order chi connectivity index (χ1) is 15.1. The lowest BCUT2D eigenvalue weighted by atomic mass is 9.91. The number of fused-ring (bicyclic) bond motifs is 1. The summed E-state index contributed by atoms with van der Waals surface area (Å²) < 4.78 is 24.4. The van der Waals surface area contributed by atoms with Crippen LogP contribution in [0.25, 0.3) is 0 Å². The van der Waals surface area contributed by atoms with Gasteiger partial charge in [0, 0.05) is 19.6 Å². The van der Waals surface area contributed by atoms with Crippen molar-refractivity contribution in [3.8, 4) is 11.5 Å². The molecular formula is C24H25FN2O3S. The number of carbonyl (C=O) groups excluding carboxylic acids is 1. The smallest absolute Gasteiger partial charge is 0.261 e. The van der Waals surface area contributed by atoms with Crippen LogP contribution in [-0.4, -0.2) is 38.1 Å². The fraction of sp³-hybridized carbons (Fsp3) is 0.292. The van der Waals surface area contributed by atoms with Gasteiger partial charge >= 0.3 is 0 Å². The number of hydrogen-bond donors (Lipinski definition) is 1. The van der Waals surface area contributed by atoms with Gasteiger partial charge in [-0.3, -0.25) is 9.69 Å². The zero-order chi connectivity index (χ0) is 21.8. The van der Waals surface area contributed by atoms with Crippen LogP contribution >= 0.6 is 11.3 Å². The number of thiophene rings is 1. The number of nitrogens with one attached hydrogen (secondary N) is 1. The molecule has 0 bridgehead atoms. The van der Waals surface area contributed by atoms with Crippen molar-refractivity contribution >= 4 is 17.2 Å². The van der Waals surface area contributed by atoms with Gasteiger partial charge < -0.3 is 14.8 Å². The molecule has 0 aliphatic carbocycles. The van der Waals surface area contributed by atoms with Gasteiger partial charge in [-0.1, -0.05) is 18.2 Å². The molecule has 0 radical (unpaired) electrons. The van der Waals surface area contributed by atoms with Gasteiger partial charge in [-0.05, 0) is 58.8 Å². The Morgan fingerprint density at radius 2 is 1.90 bits per heavy atom. The molecule has 0 fully saturated rings. The van der Waals surface area contributed by atoms with Gasteiger partial charge in [0.25, 0.3) is 5.91 Å². The summed E-state index contributed by atoms with van der Waals surface area (Å²) >= 11 is 1.42. The van der Waals surface area contributed by atoms with E-state index in [1.165, 1.54) is 29.0 Å². The quantitative estimate of drug-likeness (QED) is 0.590. The first-order valence-electron chi connectivity index (χ1n) is 10.1. The van der Waals surface area contributed by atoms with Crippen molar-refractivity contribution in [1.82, 2.24) is 10.2 Å². The van der Waals surface area contributed by atoms with E-state index in [0.29, 0.717) is 29.5 Å². The zero-order valence-corrected chi connectivity index (χ0v) is 18.4. The molecule has 2 aromatic carbocycles. The van der Waals surface area contributed by atoms with Crippen LogP contribution in [0.15, 0.2) is 53.9 Å². The Balaban J connectivity index is 1.63. The Labute approximate surface area is 185 Å². The van der Waals surface area contributed by atoms with Crippen LogP contribution in [-0.2, 0) is 13.0 Å². The van der Waals surface area contributed by atoms with Crippen LogP contribution in [0.1, 0.15) is 32.4 Å². The van der Waals surface area contributed by atoms with Gasteiger partial charge in [-0.2, -0.15) is 0 Å². The molecule has 1 amide bonds. The summed E-state index contributed by atoms with van der Waals surface area (Å²) in [5, 5.41) is 4.98. The van der Waals surface area contributed by atoms with Gasteiger partial charge in [0.1, 0.15) is 5.82 Å². The highest BCUT2D eigenvalue weighted by Crippen LogP contribution is 2.38. The van der Waals surface area contributed by atoms with Crippen LogP contribution in [0.5, 0.6) is 11.5 Å². The number of methoxy groups -OCH3 is 2. The maximum Gasteiger partial charge on any atom is 0.261 e. The molecule has 4 rings (SSSR count). The predicted octanol–water partition coefficient (Wildman–Crippen LogP) is 4.43. The van der Waals surface area contributed by atoms with E-state index in [1.807, 2.05) is 29.6 Å². The molecule has 1 atom stereocenters. The van der Waals surface area contributed by atoms with Crippen molar-refractivity contribution in [3.05, 3.63) is 81.3 Å². The molecule has 1 aromatic heterocycles. The Morgan fingerprint density at radius 3 is 2.58 bits per heavy atom. The number of amides is 1. The summed E-state index contributed by atoms with van der Waals surface area (Å²) in [6.45, 7) is 1.94. The minimum Gasteiger partial charge on any atom is -0.493 e. The number of ether oxygens (including phenoxy) is 2. The average Bonchev–Trinajstić information content (AvgIpc) is 3.33. The summed E-state index contributed by atoms with van der Waals surface area (Å²) in [6.07, 6.45) is 0.853. The van der Waals surface area contributed by atoms with E-state index in [1.54, 1.807) is 26.4 Å². The first kappa shape index (κ1) is 21.3. The Morgan fingerprint density at radius 1 is 1.16 bits per heavy atom. The molecule has 1 unspecified atom stereocenters. The van der Waals surface area contributed by atoms with E-state index in [9.17, 15) is 9.18 Å². The molecule has 3 aromatic rings. The molecule has 31 heavy (non-hydrogen) atoms. The third-order valence-electron chi connectivity index (χ3n) is 5.61. The SMILES string of the molecule is COc1cc2c(cc1OC)C(CNC(=O)c1cccs1)N(Cc1ccc(F)cc1)CC2. The summed E-state index contributed by atoms with van der Waals surface area (Å²) in [6, 6.07) is 14.2. The van der Waals surface area contributed by atoms with Crippen molar-refractivity contribution in [1.29, 1.82) is 0 Å². The highest BCUT2D eigenvalue weighted by atomic mass is 32.1. The minimum absolute atomic E-state index is 0.0440. The van der Waals surface area contributed by atoms with E-state index >= 15 is 0 Å². The molecule has 1 aliphatic heterocycles. The Hall–Kier alpha value is -2.90. The fourth-order valence-electron chi connectivity index (χ4n) is 4.02. The van der Waals surface area contributed by atoms with Crippen molar-refractivity contribution in [2.75, 3.05) is 27.3 Å². The molecule has 162 valence electrons. The van der Waals surface area contributed by atoms with E-state index in [4.69, 9.17) is 9.47 Å². The Kier molecular flexibility index (Phi) is 6.53. The summed E-state index contributed by atoms with van der Waals surface area (Å²) in [7, 11) is 3.25. The minimum atomic E-state index is -0.246. The second-order valence-corrected chi connectivity index (χ2v) is 8.40. The average molecular weight is 441 g/mol. The topological polar surface area (TPSA) is 50.8 Å². The molecule has 0 spiro atoms. The molecular weight excluding hydrogens is 415 g/mol. The van der Waals surface area contributed by atoms with Crippen molar-refractivity contribution in [2.45, 2.75) is 19.0 Å². The van der Waals surface area contributed by atoms with Gasteiger partial charge in [0.2, 0.25) is 0 Å². The van der Waals surface area contributed by atoms with Crippen molar-refractivity contribution in [3.63, 3.8) is 0 Å². The monoisotopic (exact) mass is 440 g/mol. The molecule has 7 heteroatoms. The van der Waals surface area contributed by atoms with Crippen molar-refractivity contribution in [2.24, 2.45) is 0 Å². The normalized spacial score (nSPS) is 15.9.